The number of nitrogens with zero attached hydrogens (tertiary/aromatic N) is 2. The highest BCUT2D eigenvalue weighted by Crippen LogP contribution is 2.34. The molecule has 4 rings (SSSR count). The van der Waals surface area contributed by atoms with Crippen molar-refractivity contribution < 1.29 is 9.59 Å². The van der Waals surface area contributed by atoms with E-state index in [1.807, 2.05) is 48.5 Å². The van der Waals surface area contributed by atoms with Gasteiger partial charge in [-0.25, -0.2) is 0 Å². The molecule has 30 heavy (non-hydrogen) atoms. The molecule has 2 aliphatic rings. The Morgan fingerprint density at radius 3 is 2.27 bits per heavy atom. The van der Waals surface area contributed by atoms with E-state index in [9.17, 15) is 9.59 Å². The topological polar surface area (TPSA) is 40.6 Å². The summed E-state index contributed by atoms with van der Waals surface area (Å²) >= 11 is 0. The number of amides is 2. The summed E-state index contributed by atoms with van der Waals surface area (Å²) in [6, 6.07) is 16.1. The van der Waals surface area contributed by atoms with Crippen molar-refractivity contribution in [1.29, 1.82) is 0 Å². The molecule has 2 amide bonds. The minimum Gasteiger partial charge on any atom is -0.366 e. The van der Waals surface area contributed by atoms with Crippen molar-refractivity contribution in [2.45, 2.75) is 40.0 Å². The second kappa shape index (κ2) is 8.47. The maximum absolute atomic E-state index is 13.5. The Morgan fingerprint density at radius 2 is 1.60 bits per heavy atom. The third-order valence-electron chi connectivity index (χ3n) is 6.51. The summed E-state index contributed by atoms with van der Waals surface area (Å²) in [5.74, 6) is 0.361. The summed E-state index contributed by atoms with van der Waals surface area (Å²) in [5.41, 5.74) is 5.48. The van der Waals surface area contributed by atoms with Crippen molar-refractivity contribution in [2.75, 3.05) is 19.6 Å². The molecule has 0 aliphatic carbocycles. The second-order valence-corrected chi connectivity index (χ2v) is 8.69. The SMILES string of the molecule is Cc1ccc(C2=C(N3CCC(C)CC3)C(=O)N(CCc3ccccc3)C2=O)cc1C. The molecule has 2 aliphatic heterocycles. The Hall–Kier alpha value is -2.88. The zero-order chi connectivity index (χ0) is 21.3. The van der Waals surface area contributed by atoms with Crippen molar-refractivity contribution >= 4 is 17.4 Å². The molecule has 0 bridgehead atoms. The quantitative estimate of drug-likeness (QED) is 0.698. The first-order chi connectivity index (χ1) is 14.5. The van der Waals surface area contributed by atoms with E-state index >= 15 is 0 Å². The molecule has 0 unspecified atom stereocenters. The first-order valence-corrected chi connectivity index (χ1v) is 10.9. The average Bonchev–Trinajstić information content (AvgIpc) is 3.00. The van der Waals surface area contributed by atoms with Crippen LogP contribution < -0.4 is 0 Å². The van der Waals surface area contributed by atoms with Gasteiger partial charge >= 0.3 is 0 Å². The van der Waals surface area contributed by atoms with Crippen molar-refractivity contribution in [3.8, 4) is 0 Å². The Morgan fingerprint density at radius 1 is 0.900 bits per heavy atom. The summed E-state index contributed by atoms with van der Waals surface area (Å²) in [7, 11) is 0. The zero-order valence-electron chi connectivity index (χ0n) is 18.1. The molecule has 0 saturated carbocycles. The van der Waals surface area contributed by atoms with Crippen LogP contribution in [0.4, 0.5) is 0 Å². The van der Waals surface area contributed by atoms with Gasteiger partial charge in [0.05, 0.1) is 5.57 Å². The highest BCUT2D eigenvalue weighted by molar-refractivity contribution is 6.35. The fraction of sp³-hybridized carbons (Fsp3) is 0.385. The number of hydrogen-bond acceptors (Lipinski definition) is 3. The van der Waals surface area contributed by atoms with Gasteiger partial charge in [0.25, 0.3) is 11.8 Å². The van der Waals surface area contributed by atoms with E-state index in [0.717, 1.165) is 42.6 Å². The Kier molecular flexibility index (Phi) is 5.76. The molecule has 0 atom stereocenters. The van der Waals surface area contributed by atoms with Crippen LogP contribution in [0.5, 0.6) is 0 Å². The van der Waals surface area contributed by atoms with Crippen molar-refractivity contribution in [2.24, 2.45) is 5.92 Å². The number of rotatable bonds is 5. The molecule has 4 heteroatoms. The van der Waals surface area contributed by atoms with Crippen LogP contribution in [0.2, 0.25) is 0 Å². The van der Waals surface area contributed by atoms with Gasteiger partial charge in [-0.15, -0.1) is 0 Å². The molecule has 1 saturated heterocycles. The molecular formula is C26H30N2O2. The molecule has 1 fully saturated rings. The molecule has 2 heterocycles. The lowest BCUT2D eigenvalue weighted by Crippen LogP contribution is -2.39. The van der Waals surface area contributed by atoms with Crippen LogP contribution in [0, 0.1) is 19.8 Å². The van der Waals surface area contributed by atoms with Gasteiger partial charge < -0.3 is 4.90 Å². The van der Waals surface area contributed by atoms with Crippen LogP contribution in [0.3, 0.4) is 0 Å². The number of piperidine rings is 1. The predicted octanol–water partition coefficient (Wildman–Crippen LogP) is 4.36. The fourth-order valence-corrected chi connectivity index (χ4v) is 4.33. The predicted molar refractivity (Wildman–Crippen MR) is 120 cm³/mol. The average molecular weight is 403 g/mol. The minimum absolute atomic E-state index is 0.140. The summed E-state index contributed by atoms with van der Waals surface area (Å²) < 4.78 is 0. The van der Waals surface area contributed by atoms with E-state index < -0.39 is 0 Å². The summed E-state index contributed by atoms with van der Waals surface area (Å²) in [6.45, 7) is 8.44. The number of benzene rings is 2. The van der Waals surface area contributed by atoms with Crippen LogP contribution in [-0.4, -0.2) is 41.2 Å². The fourth-order valence-electron chi connectivity index (χ4n) is 4.33. The molecule has 0 spiro atoms. The van der Waals surface area contributed by atoms with E-state index in [1.54, 1.807) is 0 Å². The summed E-state index contributed by atoms with van der Waals surface area (Å²) in [6.07, 6.45) is 2.77. The first kappa shape index (κ1) is 20.4. The van der Waals surface area contributed by atoms with Gasteiger partial charge in [0.2, 0.25) is 0 Å². The molecule has 0 N–H and O–H groups in total. The van der Waals surface area contributed by atoms with Gasteiger partial charge in [-0.3, -0.25) is 14.5 Å². The third-order valence-corrected chi connectivity index (χ3v) is 6.51. The second-order valence-electron chi connectivity index (χ2n) is 8.69. The van der Waals surface area contributed by atoms with Gasteiger partial charge in [0.15, 0.2) is 0 Å². The molecule has 0 aromatic heterocycles. The Labute approximate surface area is 179 Å². The number of aryl methyl sites for hydroxylation is 2. The molecule has 0 radical (unpaired) electrons. The van der Waals surface area contributed by atoms with E-state index in [2.05, 4.69) is 25.7 Å². The lowest BCUT2D eigenvalue weighted by Gasteiger charge is -2.32. The zero-order valence-corrected chi connectivity index (χ0v) is 18.1. The number of hydrogen-bond donors (Lipinski definition) is 0. The third kappa shape index (κ3) is 3.91. The number of carbonyl (C=O) groups is 2. The van der Waals surface area contributed by atoms with Crippen molar-refractivity contribution in [3.05, 3.63) is 76.5 Å². The number of imide groups is 1. The number of carbonyl (C=O) groups excluding carboxylic acids is 2. The minimum atomic E-state index is -0.159. The summed E-state index contributed by atoms with van der Waals surface area (Å²) in [4.78, 5) is 30.5. The van der Waals surface area contributed by atoms with E-state index in [0.29, 0.717) is 30.2 Å². The lowest BCUT2D eigenvalue weighted by atomic mass is 9.96. The normalized spacial score (nSPS) is 18.0. The van der Waals surface area contributed by atoms with Gasteiger partial charge in [-0.05, 0) is 61.3 Å². The Balaban J connectivity index is 1.67. The molecule has 2 aromatic rings. The van der Waals surface area contributed by atoms with Gasteiger partial charge in [-0.1, -0.05) is 55.5 Å². The van der Waals surface area contributed by atoms with Crippen LogP contribution in [0.1, 0.15) is 42.0 Å². The summed E-state index contributed by atoms with van der Waals surface area (Å²) in [5, 5.41) is 0. The van der Waals surface area contributed by atoms with Gasteiger partial charge in [0, 0.05) is 19.6 Å². The van der Waals surface area contributed by atoms with Gasteiger partial charge in [-0.2, -0.15) is 0 Å². The monoisotopic (exact) mass is 402 g/mol. The first-order valence-electron chi connectivity index (χ1n) is 10.9. The van der Waals surface area contributed by atoms with Crippen LogP contribution >= 0.6 is 0 Å². The standard InChI is InChI=1S/C26H30N2O2/c1-18-11-14-27(15-12-18)24-23(22-10-9-19(2)20(3)17-22)25(29)28(26(24)30)16-13-21-7-5-4-6-8-21/h4-10,17-18H,11-16H2,1-3H3. The molecule has 156 valence electrons. The van der Waals surface area contributed by atoms with E-state index in [4.69, 9.17) is 0 Å². The maximum atomic E-state index is 13.5. The van der Waals surface area contributed by atoms with Crippen molar-refractivity contribution in [3.63, 3.8) is 0 Å². The van der Waals surface area contributed by atoms with Crippen LogP contribution in [0.25, 0.3) is 5.57 Å². The number of likely N-dealkylation sites (tertiary alicyclic amines) is 1. The van der Waals surface area contributed by atoms with Crippen LogP contribution in [0.15, 0.2) is 54.2 Å². The smallest absolute Gasteiger partial charge is 0.277 e. The molecular weight excluding hydrogens is 372 g/mol. The maximum Gasteiger partial charge on any atom is 0.277 e. The van der Waals surface area contributed by atoms with E-state index in [1.165, 1.54) is 10.5 Å². The molecule has 2 aromatic carbocycles. The van der Waals surface area contributed by atoms with Crippen LogP contribution in [-0.2, 0) is 16.0 Å². The molecule has 4 nitrogen and oxygen atoms in total. The Bertz CT molecular complexity index is 985. The highest BCUT2D eigenvalue weighted by Gasteiger charge is 2.41. The van der Waals surface area contributed by atoms with E-state index in [-0.39, 0.29) is 11.8 Å². The van der Waals surface area contributed by atoms with Gasteiger partial charge in [0.1, 0.15) is 5.70 Å². The largest absolute Gasteiger partial charge is 0.366 e. The lowest BCUT2D eigenvalue weighted by molar-refractivity contribution is -0.137. The van der Waals surface area contributed by atoms with Crippen molar-refractivity contribution in [1.82, 2.24) is 9.80 Å². The highest BCUT2D eigenvalue weighted by atomic mass is 16.2.